The fourth-order valence-corrected chi connectivity index (χ4v) is 1.38. The van der Waals surface area contributed by atoms with E-state index in [1.54, 1.807) is 12.1 Å². The van der Waals surface area contributed by atoms with Gasteiger partial charge in [-0.25, -0.2) is 4.39 Å². The summed E-state index contributed by atoms with van der Waals surface area (Å²) in [6.07, 6.45) is 0.651. The van der Waals surface area contributed by atoms with Gasteiger partial charge in [0.1, 0.15) is 5.82 Å². The Bertz CT molecular complexity index is 306. The van der Waals surface area contributed by atoms with Crippen molar-refractivity contribution >= 4 is 5.97 Å². The number of methoxy groups -OCH3 is 1. The summed E-state index contributed by atoms with van der Waals surface area (Å²) in [7, 11) is 1.36. The quantitative estimate of drug-likeness (QED) is 0.694. The molecule has 0 amide bonds. The normalized spacial score (nSPS) is 12.2. The fourth-order valence-electron chi connectivity index (χ4n) is 1.38. The van der Waals surface area contributed by atoms with E-state index in [-0.39, 0.29) is 17.7 Å². The maximum atomic E-state index is 12.6. The van der Waals surface area contributed by atoms with Crippen LogP contribution in [0.1, 0.15) is 24.8 Å². The molecule has 1 aromatic carbocycles. The Hall–Kier alpha value is -1.38. The second kappa shape index (κ2) is 4.74. The van der Waals surface area contributed by atoms with Crippen LogP contribution < -0.4 is 0 Å². The molecular formula is C11H13FO2. The summed E-state index contributed by atoms with van der Waals surface area (Å²) >= 11 is 0. The van der Waals surface area contributed by atoms with Gasteiger partial charge in [-0.15, -0.1) is 0 Å². The molecule has 0 N–H and O–H groups in total. The summed E-state index contributed by atoms with van der Waals surface area (Å²) in [4.78, 5) is 11.3. The Kier molecular flexibility index (Phi) is 3.63. The molecule has 0 bridgehead atoms. The second-order valence-electron chi connectivity index (χ2n) is 3.04. The zero-order chi connectivity index (χ0) is 10.6. The highest BCUT2D eigenvalue weighted by atomic mass is 19.1. The molecule has 0 aliphatic heterocycles. The monoisotopic (exact) mass is 196 g/mol. The van der Waals surface area contributed by atoms with Crippen LogP contribution in [0.5, 0.6) is 0 Å². The molecule has 0 saturated heterocycles. The van der Waals surface area contributed by atoms with E-state index in [1.807, 2.05) is 6.92 Å². The van der Waals surface area contributed by atoms with Crippen LogP contribution in [0.4, 0.5) is 4.39 Å². The van der Waals surface area contributed by atoms with Crippen LogP contribution in [0.25, 0.3) is 0 Å². The summed E-state index contributed by atoms with van der Waals surface area (Å²) in [6.45, 7) is 1.89. The number of carbonyl (C=O) groups excluding carboxylic acids is 1. The first-order valence-electron chi connectivity index (χ1n) is 4.52. The molecule has 76 valence electrons. The smallest absolute Gasteiger partial charge is 0.313 e. The van der Waals surface area contributed by atoms with Crippen molar-refractivity contribution in [3.8, 4) is 0 Å². The number of ether oxygens (including phenoxy) is 1. The molecule has 0 saturated carbocycles. The number of benzene rings is 1. The van der Waals surface area contributed by atoms with E-state index in [9.17, 15) is 9.18 Å². The number of rotatable bonds is 3. The molecule has 0 aliphatic carbocycles. The third-order valence-corrected chi connectivity index (χ3v) is 2.17. The molecule has 3 heteroatoms. The first-order valence-corrected chi connectivity index (χ1v) is 4.52. The molecular weight excluding hydrogens is 183 g/mol. The van der Waals surface area contributed by atoms with E-state index >= 15 is 0 Å². The van der Waals surface area contributed by atoms with Crippen molar-refractivity contribution in [2.24, 2.45) is 0 Å². The first kappa shape index (κ1) is 10.7. The molecule has 0 spiro atoms. The summed E-state index contributed by atoms with van der Waals surface area (Å²) in [5, 5.41) is 0. The molecule has 0 radical (unpaired) electrons. The lowest BCUT2D eigenvalue weighted by Crippen LogP contribution is -2.13. The minimum atomic E-state index is -0.298. The van der Waals surface area contributed by atoms with Gasteiger partial charge in [-0.2, -0.15) is 0 Å². The number of esters is 1. The lowest BCUT2D eigenvalue weighted by Gasteiger charge is -2.12. The highest BCUT2D eigenvalue weighted by molar-refractivity contribution is 5.77. The van der Waals surface area contributed by atoms with Crippen molar-refractivity contribution in [2.45, 2.75) is 19.3 Å². The van der Waals surface area contributed by atoms with Gasteiger partial charge in [-0.1, -0.05) is 19.1 Å². The molecule has 1 aromatic rings. The van der Waals surface area contributed by atoms with Gasteiger partial charge in [-0.3, -0.25) is 4.79 Å². The van der Waals surface area contributed by atoms with E-state index in [4.69, 9.17) is 0 Å². The van der Waals surface area contributed by atoms with E-state index in [0.717, 1.165) is 5.56 Å². The Morgan fingerprint density at radius 3 is 2.43 bits per heavy atom. The topological polar surface area (TPSA) is 26.3 Å². The van der Waals surface area contributed by atoms with Crippen molar-refractivity contribution in [3.05, 3.63) is 35.6 Å². The molecule has 1 atom stereocenters. The van der Waals surface area contributed by atoms with Gasteiger partial charge < -0.3 is 4.74 Å². The van der Waals surface area contributed by atoms with Gasteiger partial charge in [0, 0.05) is 0 Å². The number of hydrogen-bond donors (Lipinski definition) is 0. The standard InChI is InChI=1S/C11H13FO2/c1-3-10(11(13)14-2)8-4-6-9(12)7-5-8/h4-7,10H,3H2,1-2H3. The Morgan fingerprint density at radius 2 is 2.00 bits per heavy atom. The second-order valence-corrected chi connectivity index (χ2v) is 3.04. The van der Waals surface area contributed by atoms with Crippen LogP contribution in [0, 0.1) is 5.82 Å². The van der Waals surface area contributed by atoms with Crippen molar-refractivity contribution in [1.29, 1.82) is 0 Å². The average molecular weight is 196 g/mol. The number of carbonyl (C=O) groups is 1. The summed E-state index contributed by atoms with van der Waals surface area (Å²) < 4.78 is 17.3. The van der Waals surface area contributed by atoms with Crippen molar-refractivity contribution in [2.75, 3.05) is 7.11 Å². The largest absolute Gasteiger partial charge is 0.469 e. The summed E-state index contributed by atoms with van der Waals surface area (Å²) in [5.41, 5.74) is 0.792. The van der Waals surface area contributed by atoms with E-state index in [0.29, 0.717) is 6.42 Å². The number of halogens is 1. The molecule has 0 aliphatic rings. The van der Waals surface area contributed by atoms with E-state index < -0.39 is 0 Å². The predicted octanol–water partition coefficient (Wildman–Crippen LogP) is 2.49. The minimum Gasteiger partial charge on any atom is -0.469 e. The SMILES string of the molecule is CCC(C(=O)OC)c1ccc(F)cc1. The van der Waals surface area contributed by atoms with E-state index in [2.05, 4.69) is 4.74 Å². The zero-order valence-corrected chi connectivity index (χ0v) is 8.29. The molecule has 0 aromatic heterocycles. The predicted molar refractivity (Wildman–Crippen MR) is 51.4 cm³/mol. The Balaban J connectivity index is 2.89. The van der Waals surface area contributed by atoms with Crippen molar-refractivity contribution in [3.63, 3.8) is 0 Å². The van der Waals surface area contributed by atoms with Gasteiger partial charge in [0.25, 0.3) is 0 Å². The zero-order valence-electron chi connectivity index (χ0n) is 8.29. The van der Waals surface area contributed by atoms with Crippen LogP contribution in [0.15, 0.2) is 24.3 Å². The van der Waals surface area contributed by atoms with Crippen LogP contribution >= 0.6 is 0 Å². The molecule has 14 heavy (non-hydrogen) atoms. The van der Waals surface area contributed by atoms with Crippen LogP contribution in [0.2, 0.25) is 0 Å². The van der Waals surface area contributed by atoms with Gasteiger partial charge in [0.2, 0.25) is 0 Å². The first-order chi connectivity index (χ1) is 6.69. The van der Waals surface area contributed by atoms with Crippen LogP contribution in [-0.2, 0) is 9.53 Å². The lowest BCUT2D eigenvalue weighted by molar-refractivity contribution is -0.142. The molecule has 0 heterocycles. The molecule has 2 nitrogen and oxygen atoms in total. The fraction of sp³-hybridized carbons (Fsp3) is 0.364. The highest BCUT2D eigenvalue weighted by Crippen LogP contribution is 2.20. The van der Waals surface area contributed by atoms with Gasteiger partial charge in [0.05, 0.1) is 13.0 Å². The molecule has 1 unspecified atom stereocenters. The molecule has 0 fully saturated rings. The van der Waals surface area contributed by atoms with Crippen LogP contribution in [-0.4, -0.2) is 13.1 Å². The van der Waals surface area contributed by atoms with Crippen LogP contribution in [0.3, 0.4) is 0 Å². The average Bonchev–Trinajstić information content (AvgIpc) is 2.21. The number of hydrogen-bond acceptors (Lipinski definition) is 2. The lowest BCUT2D eigenvalue weighted by atomic mass is 9.97. The maximum Gasteiger partial charge on any atom is 0.313 e. The summed E-state index contributed by atoms with van der Waals surface area (Å²) in [6, 6.07) is 5.92. The Labute approximate surface area is 82.7 Å². The highest BCUT2D eigenvalue weighted by Gasteiger charge is 2.18. The Morgan fingerprint density at radius 1 is 1.43 bits per heavy atom. The summed E-state index contributed by atoms with van der Waals surface area (Å²) in [5.74, 6) is -0.867. The minimum absolute atomic E-state index is 0.279. The third-order valence-electron chi connectivity index (χ3n) is 2.17. The van der Waals surface area contributed by atoms with E-state index in [1.165, 1.54) is 19.2 Å². The van der Waals surface area contributed by atoms with Crippen molar-refractivity contribution in [1.82, 2.24) is 0 Å². The third kappa shape index (κ3) is 2.31. The van der Waals surface area contributed by atoms with Crippen molar-refractivity contribution < 1.29 is 13.9 Å². The van der Waals surface area contributed by atoms with Gasteiger partial charge in [0.15, 0.2) is 0 Å². The maximum absolute atomic E-state index is 12.6. The molecule has 1 rings (SSSR count). The van der Waals surface area contributed by atoms with Gasteiger partial charge >= 0.3 is 5.97 Å². The van der Waals surface area contributed by atoms with Gasteiger partial charge in [-0.05, 0) is 24.1 Å².